The van der Waals surface area contributed by atoms with Crippen molar-refractivity contribution in [1.29, 1.82) is 0 Å². The molecule has 3 heterocycles. The van der Waals surface area contributed by atoms with E-state index in [0.29, 0.717) is 18.9 Å². The maximum atomic E-state index is 14.5. The molecular formula is C26H25F2N5O5. The van der Waals surface area contributed by atoms with Crippen LogP contribution in [0.3, 0.4) is 0 Å². The van der Waals surface area contributed by atoms with Crippen LogP contribution in [-0.4, -0.2) is 47.2 Å². The Bertz CT molecular complexity index is 1330. The van der Waals surface area contributed by atoms with Crippen molar-refractivity contribution in [2.24, 2.45) is 0 Å². The number of benzene rings is 2. The highest BCUT2D eigenvalue weighted by molar-refractivity contribution is 5.50. The Morgan fingerprint density at radius 3 is 2.26 bits per heavy atom. The number of hydrogen-bond donors (Lipinski definition) is 1. The molecule has 198 valence electrons. The molecule has 10 nitrogen and oxygen atoms in total. The monoisotopic (exact) mass is 525 g/mol. The van der Waals surface area contributed by atoms with Crippen LogP contribution in [0, 0.1) is 11.6 Å². The summed E-state index contributed by atoms with van der Waals surface area (Å²) in [5.41, 5.74) is 1.30. The number of anilines is 2. The van der Waals surface area contributed by atoms with Gasteiger partial charge in [0.2, 0.25) is 5.95 Å². The minimum absolute atomic E-state index is 0.0850. The molecule has 0 radical (unpaired) electrons. The van der Waals surface area contributed by atoms with Gasteiger partial charge in [-0.25, -0.2) is 18.7 Å². The highest BCUT2D eigenvalue weighted by Gasteiger charge is 2.25. The van der Waals surface area contributed by atoms with Crippen LogP contribution < -0.4 is 19.5 Å². The number of halogens is 2. The van der Waals surface area contributed by atoms with E-state index in [4.69, 9.17) is 23.7 Å². The van der Waals surface area contributed by atoms with Gasteiger partial charge in [-0.3, -0.25) is 4.68 Å². The second-order valence-electron chi connectivity index (χ2n) is 8.32. The topological polar surface area (TPSA) is 102 Å². The summed E-state index contributed by atoms with van der Waals surface area (Å²) >= 11 is 0. The minimum atomic E-state index is -0.869. The van der Waals surface area contributed by atoms with E-state index in [1.807, 2.05) is 30.3 Å². The predicted octanol–water partition coefficient (Wildman–Crippen LogP) is 4.58. The molecule has 0 atom stereocenters. The van der Waals surface area contributed by atoms with Gasteiger partial charge in [-0.2, -0.15) is 5.10 Å². The average molecular weight is 526 g/mol. The number of aromatic nitrogens is 4. The van der Waals surface area contributed by atoms with Crippen LogP contribution in [0.15, 0.2) is 61.2 Å². The third kappa shape index (κ3) is 5.50. The number of ether oxygens (including phenoxy) is 5. The van der Waals surface area contributed by atoms with Gasteiger partial charge >= 0.3 is 0 Å². The molecule has 1 fully saturated rings. The van der Waals surface area contributed by atoms with E-state index in [9.17, 15) is 8.78 Å². The predicted molar refractivity (Wildman–Crippen MR) is 131 cm³/mol. The van der Waals surface area contributed by atoms with Crippen molar-refractivity contribution in [1.82, 2.24) is 19.7 Å². The Labute approximate surface area is 217 Å². The lowest BCUT2D eigenvalue weighted by atomic mass is 10.1. The zero-order valence-electron chi connectivity index (χ0n) is 20.6. The summed E-state index contributed by atoms with van der Waals surface area (Å²) in [5, 5.41) is 7.43. The molecule has 0 saturated carbocycles. The van der Waals surface area contributed by atoms with Gasteiger partial charge in [-0.15, -0.1) is 0 Å². The van der Waals surface area contributed by atoms with Crippen molar-refractivity contribution < 1.29 is 32.5 Å². The van der Waals surface area contributed by atoms with Crippen molar-refractivity contribution in [2.45, 2.75) is 18.9 Å². The Morgan fingerprint density at radius 2 is 1.63 bits per heavy atom. The van der Waals surface area contributed by atoms with Gasteiger partial charge in [0, 0.05) is 17.8 Å². The summed E-state index contributed by atoms with van der Waals surface area (Å²) in [7, 11) is 2.56. The normalized spacial score (nSPS) is 17.2. The van der Waals surface area contributed by atoms with Crippen LogP contribution in [0.1, 0.15) is 23.5 Å². The quantitative estimate of drug-likeness (QED) is 0.337. The number of nitrogens with zero attached hydrogens (tertiary/aromatic N) is 4. The largest absolute Gasteiger partial charge is 0.494 e. The van der Waals surface area contributed by atoms with Crippen molar-refractivity contribution >= 4 is 11.6 Å². The van der Waals surface area contributed by atoms with Crippen LogP contribution in [0.25, 0.3) is 0 Å². The van der Waals surface area contributed by atoms with Gasteiger partial charge in [0.15, 0.2) is 35.2 Å². The first kappa shape index (κ1) is 25.4. The zero-order chi connectivity index (χ0) is 26.5. The van der Waals surface area contributed by atoms with Gasteiger partial charge in [0.05, 0.1) is 63.3 Å². The van der Waals surface area contributed by atoms with E-state index in [0.717, 1.165) is 11.6 Å². The SMILES string of the molecule is COc1cc(OC)c(F)c(COc2cnc(Nc3cnn(C4COC(c5ccccc5)OC4)c3)nc2)c1F. The summed E-state index contributed by atoms with van der Waals surface area (Å²) in [4.78, 5) is 8.39. The Kier molecular flexibility index (Phi) is 7.61. The van der Waals surface area contributed by atoms with E-state index in [1.165, 1.54) is 26.6 Å². The van der Waals surface area contributed by atoms with Crippen molar-refractivity contribution in [3.63, 3.8) is 0 Å². The Morgan fingerprint density at radius 1 is 0.974 bits per heavy atom. The van der Waals surface area contributed by atoms with E-state index in [-0.39, 0.29) is 34.8 Å². The Balaban J connectivity index is 1.16. The first-order valence-electron chi connectivity index (χ1n) is 11.7. The molecule has 38 heavy (non-hydrogen) atoms. The second-order valence-corrected chi connectivity index (χ2v) is 8.32. The summed E-state index contributed by atoms with van der Waals surface area (Å²) < 4.78 is 57.9. The van der Waals surface area contributed by atoms with Crippen molar-refractivity contribution in [3.8, 4) is 17.2 Å². The fourth-order valence-electron chi connectivity index (χ4n) is 3.85. The third-order valence-corrected chi connectivity index (χ3v) is 5.86. The molecule has 1 N–H and O–H groups in total. The van der Waals surface area contributed by atoms with Crippen LogP contribution in [0.5, 0.6) is 17.2 Å². The molecule has 1 aliphatic heterocycles. The van der Waals surface area contributed by atoms with Gasteiger partial charge < -0.3 is 29.0 Å². The maximum absolute atomic E-state index is 14.5. The molecule has 0 amide bonds. The highest BCUT2D eigenvalue weighted by atomic mass is 19.1. The lowest BCUT2D eigenvalue weighted by Gasteiger charge is -2.29. The van der Waals surface area contributed by atoms with Crippen molar-refractivity contribution in [2.75, 3.05) is 32.8 Å². The smallest absolute Gasteiger partial charge is 0.227 e. The lowest BCUT2D eigenvalue weighted by molar-refractivity contribution is -0.202. The number of rotatable bonds is 9. The fourth-order valence-corrected chi connectivity index (χ4v) is 3.85. The van der Waals surface area contributed by atoms with Crippen LogP contribution in [-0.2, 0) is 16.1 Å². The molecular weight excluding hydrogens is 500 g/mol. The van der Waals surface area contributed by atoms with E-state index in [2.05, 4.69) is 20.4 Å². The molecule has 12 heteroatoms. The number of hydrogen-bond acceptors (Lipinski definition) is 9. The van der Waals surface area contributed by atoms with Gasteiger partial charge in [-0.05, 0) is 0 Å². The molecule has 1 aliphatic rings. The molecule has 0 unspecified atom stereocenters. The van der Waals surface area contributed by atoms with Gasteiger partial charge in [0.1, 0.15) is 6.61 Å². The molecule has 0 bridgehead atoms. The standard InChI is InChI=1S/C26H25F2N5O5/c1-34-21-8-22(35-2)24(28)20(23(21)27)15-36-19-10-29-26(30-11-19)32-17-9-31-33(12-17)18-13-37-25(38-14-18)16-6-4-3-5-7-16/h3-12,18,25H,13-15H2,1-2H3,(H,29,30,32). The minimum Gasteiger partial charge on any atom is -0.494 e. The number of methoxy groups -OCH3 is 2. The molecule has 0 spiro atoms. The first-order chi connectivity index (χ1) is 18.6. The molecule has 0 aliphatic carbocycles. The third-order valence-electron chi connectivity index (χ3n) is 5.86. The fraction of sp³-hybridized carbons (Fsp3) is 0.269. The molecule has 2 aromatic heterocycles. The summed E-state index contributed by atoms with van der Waals surface area (Å²) in [6, 6.07) is 10.8. The second kappa shape index (κ2) is 11.4. The number of nitrogens with one attached hydrogen (secondary N) is 1. The first-order valence-corrected chi connectivity index (χ1v) is 11.7. The van der Waals surface area contributed by atoms with Crippen LogP contribution in [0.4, 0.5) is 20.4 Å². The zero-order valence-corrected chi connectivity index (χ0v) is 20.6. The van der Waals surface area contributed by atoms with Gasteiger partial charge in [-0.1, -0.05) is 30.3 Å². The van der Waals surface area contributed by atoms with Gasteiger partial charge in [0.25, 0.3) is 0 Å². The molecule has 1 saturated heterocycles. The van der Waals surface area contributed by atoms with Crippen molar-refractivity contribution in [3.05, 3.63) is 83.9 Å². The van der Waals surface area contributed by atoms with Crippen LogP contribution in [0.2, 0.25) is 0 Å². The van der Waals surface area contributed by atoms with E-state index in [1.54, 1.807) is 17.1 Å². The summed E-state index contributed by atoms with van der Waals surface area (Å²) in [6.07, 6.45) is 5.82. The molecule has 2 aromatic carbocycles. The lowest BCUT2D eigenvalue weighted by Crippen LogP contribution is -2.29. The maximum Gasteiger partial charge on any atom is 0.227 e. The average Bonchev–Trinajstić information content (AvgIpc) is 3.43. The molecule has 4 aromatic rings. The summed E-state index contributed by atoms with van der Waals surface area (Å²) in [6.45, 7) is 0.484. The van der Waals surface area contributed by atoms with E-state index >= 15 is 0 Å². The summed E-state index contributed by atoms with van der Waals surface area (Å²) in [5.74, 6) is -1.53. The highest BCUT2D eigenvalue weighted by Crippen LogP contribution is 2.32. The Hall–Kier alpha value is -4.29. The van der Waals surface area contributed by atoms with Crippen LogP contribution >= 0.6 is 0 Å². The van der Waals surface area contributed by atoms with E-state index < -0.39 is 24.5 Å². The molecule has 5 rings (SSSR count).